The van der Waals surface area contributed by atoms with Gasteiger partial charge in [0.1, 0.15) is 5.75 Å². The predicted molar refractivity (Wildman–Crippen MR) is 148 cm³/mol. The summed E-state index contributed by atoms with van der Waals surface area (Å²) >= 11 is 0. The number of aliphatic imine (C=N–C) groups is 1. The summed E-state index contributed by atoms with van der Waals surface area (Å²) in [6.45, 7) is 11.3. The monoisotopic (exact) mass is 541 g/mol. The number of allylic oxidation sites excluding steroid dienone is 6. The van der Waals surface area contributed by atoms with E-state index in [1.165, 1.54) is 0 Å². The Morgan fingerprint density at radius 3 is 2.38 bits per heavy atom. The molecule has 0 amide bonds. The van der Waals surface area contributed by atoms with Gasteiger partial charge in [0.25, 0.3) is 0 Å². The summed E-state index contributed by atoms with van der Waals surface area (Å²) in [6.07, 6.45) is 9.98. The molecule has 0 spiro atoms. The molecule has 3 N–H and O–H groups in total. The van der Waals surface area contributed by atoms with Crippen molar-refractivity contribution >= 4 is 33.9 Å². The van der Waals surface area contributed by atoms with Gasteiger partial charge in [-0.2, -0.15) is 0 Å². The summed E-state index contributed by atoms with van der Waals surface area (Å²) in [5.41, 5.74) is 5.23. The number of likely N-dealkylation sites (N-methyl/N-ethyl adjacent to an activating group) is 1. The minimum absolute atomic E-state index is 0.317. The van der Waals surface area contributed by atoms with Gasteiger partial charge >= 0.3 is 16.9 Å². The molecule has 0 radical (unpaired) electrons. The molecule has 2 aliphatic heterocycles. The molecule has 0 bridgehead atoms. The molecule has 0 aliphatic carbocycles. The second kappa shape index (κ2) is 10.5. The fourth-order valence-corrected chi connectivity index (χ4v) is 5.51. The molecule has 2 aromatic carbocycles. The molecule has 0 saturated heterocycles. The Hall–Kier alpha value is -2.86. The summed E-state index contributed by atoms with van der Waals surface area (Å²) in [5, 5.41) is 0. The maximum atomic E-state index is 11.1. The zero-order valence-electron chi connectivity index (χ0n) is 21.4. The molecule has 2 aliphatic rings. The number of hydrogen-bond donors (Lipinski definition) is 3. The third kappa shape index (κ3) is 5.40. The number of nitrogens with zero attached hydrogens (tertiary/aromatic N) is 2. The summed E-state index contributed by atoms with van der Waals surface area (Å²) in [5.74, 6) is 0.777. The fourth-order valence-electron chi connectivity index (χ4n) is 4.92. The molecule has 0 fully saturated rings. The van der Waals surface area contributed by atoms with E-state index in [1.54, 1.807) is 18.2 Å². The second-order valence-electron chi connectivity index (χ2n) is 9.82. The SMILES string of the molecule is CCN1/C(=C/C=C/C=C/C2=Nc3ccc(OP(O)O)cc3C2(C)C)C(C)(C)c2cc(O[P+](=O)O)ccc21. The number of benzene rings is 2. The second-order valence-corrected chi connectivity index (χ2v) is 11.2. The predicted octanol–water partition coefficient (Wildman–Crippen LogP) is 6.48. The smallest absolute Gasteiger partial charge is 0.427 e. The van der Waals surface area contributed by atoms with Crippen LogP contribution in [-0.4, -0.2) is 26.9 Å². The van der Waals surface area contributed by atoms with Gasteiger partial charge in [-0.25, -0.2) is 4.52 Å². The zero-order valence-corrected chi connectivity index (χ0v) is 23.2. The van der Waals surface area contributed by atoms with Crippen molar-refractivity contribution in [2.75, 3.05) is 11.4 Å². The van der Waals surface area contributed by atoms with E-state index in [1.807, 2.05) is 42.5 Å². The van der Waals surface area contributed by atoms with Crippen LogP contribution in [0, 0.1) is 0 Å². The van der Waals surface area contributed by atoms with E-state index in [0.29, 0.717) is 11.5 Å². The number of fused-ring (bicyclic) bond motifs is 2. The Morgan fingerprint density at radius 2 is 1.70 bits per heavy atom. The topological polar surface area (TPSA) is 112 Å². The zero-order chi connectivity index (χ0) is 27.0. The lowest BCUT2D eigenvalue weighted by Gasteiger charge is -2.25. The van der Waals surface area contributed by atoms with Crippen LogP contribution in [0.15, 0.2) is 77.5 Å². The number of hydrogen-bond acceptors (Lipinski definition) is 7. The van der Waals surface area contributed by atoms with E-state index in [2.05, 4.69) is 45.6 Å². The van der Waals surface area contributed by atoms with Crippen molar-refractivity contribution in [3.63, 3.8) is 0 Å². The molecule has 0 saturated carbocycles. The first-order valence-corrected chi connectivity index (χ1v) is 14.2. The number of rotatable bonds is 8. The summed E-state index contributed by atoms with van der Waals surface area (Å²) < 4.78 is 21.2. The van der Waals surface area contributed by atoms with Gasteiger partial charge in [0.2, 0.25) is 0 Å². The van der Waals surface area contributed by atoms with Gasteiger partial charge in [0.05, 0.1) is 11.4 Å². The van der Waals surface area contributed by atoms with E-state index in [-0.39, 0.29) is 10.8 Å². The van der Waals surface area contributed by atoms with Gasteiger partial charge in [-0.05, 0) is 66.6 Å². The van der Waals surface area contributed by atoms with Crippen LogP contribution in [0.25, 0.3) is 0 Å². The molecule has 10 heteroatoms. The molecule has 1 atom stereocenters. The van der Waals surface area contributed by atoms with E-state index in [0.717, 1.165) is 40.5 Å². The van der Waals surface area contributed by atoms with Crippen LogP contribution in [0.2, 0.25) is 0 Å². The molecular weight excluding hydrogens is 510 g/mol. The maximum absolute atomic E-state index is 11.1. The summed E-state index contributed by atoms with van der Waals surface area (Å²) in [6, 6.07) is 10.8. The van der Waals surface area contributed by atoms with Crippen molar-refractivity contribution in [3.8, 4) is 11.5 Å². The Kier molecular flexibility index (Phi) is 7.70. The Bertz CT molecular complexity index is 1340. The van der Waals surface area contributed by atoms with Gasteiger partial charge in [0.15, 0.2) is 5.75 Å². The van der Waals surface area contributed by atoms with Gasteiger partial charge in [-0.15, -0.1) is 4.89 Å². The van der Waals surface area contributed by atoms with E-state index in [4.69, 9.17) is 28.7 Å². The van der Waals surface area contributed by atoms with Crippen LogP contribution in [0.1, 0.15) is 45.7 Å². The first-order chi connectivity index (χ1) is 17.4. The van der Waals surface area contributed by atoms with Crippen molar-refractivity contribution in [1.82, 2.24) is 0 Å². The standard InChI is InChI=1S/C27H30N2O6P2/c1-6-29-23-15-13-19(35-37(32)33)17-21(23)27(4,5)25(29)11-9-7-8-10-24-26(2,3)20-16-18(34-36(30)31)12-14-22(20)28-24/h7-17,30-31H,6H2,1-5H3/p+1/b9-7+,10-8+,25-11+. The van der Waals surface area contributed by atoms with Crippen molar-refractivity contribution in [1.29, 1.82) is 0 Å². The van der Waals surface area contributed by atoms with Crippen molar-refractivity contribution in [3.05, 3.63) is 83.6 Å². The Labute approximate surface area is 219 Å². The lowest BCUT2D eigenvalue weighted by atomic mass is 9.81. The molecule has 37 heavy (non-hydrogen) atoms. The molecule has 8 nitrogen and oxygen atoms in total. The molecule has 1 unspecified atom stereocenters. The van der Waals surface area contributed by atoms with E-state index in [9.17, 15) is 4.57 Å². The molecular formula is C27H31N2O6P2+. The molecule has 4 rings (SSSR count). The highest BCUT2D eigenvalue weighted by atomic mass is 31.2. The van der Waals surface area contributed by atoms with Crippen molar-refractivity contribution < 1.29 is 28.3 Å². The Balaban J connectivity index is 1.53. The lowest BCUT2D eigenvalue weighted by molar-refractivity contribution is 0.374. The highest BCUT2D eigenvalue weighted by molar-refractivity contribution is 7.39. The first kappa shape index (κ1) is 27.2. The van der Waals surface area contributed by atoms with Crippen LogP contribution >= 0.6 is 16.9 Å². The average Bonchev–Trinajstić information content (AvgIpc) is 3.19. The van der Waals surface area contributed by atoms with Gasteiger partial charge in [0, 0.05) is 33.3 Å². The largest absolute Gasteiger partial charge is 0.747 e. The highest BCUT2D eigenvalue weighted by Gasteiger charge is 2.40. The summed E-state index contributed by atoms with van der Waals surface area (Å²) in [7, 11) is -5.19. The normalized spacial score (nSPS) is 19.1. The number of anilines is 1. The van der Waals surface area contributed by atoms with Crippen molar-refractivity contribution in [2.24, 2.45) is 4.99 Å². The first-order valence-electron chi connectivity index (χ1n) is 11.9. The van der Waals surface area contributed by atoms with Crippen LogP contribution in [0.5, 0.6) is 11.5 Å². The molecule has 2 heterocycles. The van der Waals surface area contributed by atoms with Crippen molar-refractivity contribution in [2.45, 2.75) is 45.4 Å². The van der Waals surface area contributed by atoms with Crippen LogP contribution < -0.4 is 13.9 Å². The fraction of sp³-hybridized carbons (Fsp3) is 0.296. The molecule has 194 valence electrons. The Morgan fingerprint density at radius 1 is 1.00 bits per heavy atom. The average molecular weight is 542 g/mol. The highest BCUT2D eigenvalue weighted by Crippen LogP contribution is 2.49. The van der Waals surface area contributed by atoms with Gasteiger partial charge in [-0.1, -0.05) is 45.9 Å². The molecule has 0 aromatic heterocycles. The van der Waals surface area contributed by atoms with E-state index < -0.39 is 16.9 Å². The maximum Gasteiger partial charge on any atom is 0.747 e. The third-order valence-corrected chi connectivity index (χ3v) is 7.54. The third-order valence-electron chi connectivity index (χ3n) is 6.80. The quantitative estimate of drug-likeness (QED) is 0.259. The molecule has 2 aromatic rings. The van der Waals surface area contributed by atoms with E-state index >= 15 is 0 Å². The minimum Gasteiger partial charge on any atom is -0.427 e. The van der Waals surface area contributed by atoms with Crippen LogP contribution in [0.3, 0.4) is 0 Å². The van der Waals surface area contributed by atoms with Crippen LogP contribution in [-0.2, 0) is 15.4 Å². The van der Waals surface area contributed by atoms with Gasteiger partial charge < -0.3 is 19.2 Å². The van der Waals surface area contributed by atoms with Crippen LogP contribution in [0.4, 0.5) is 11.4 Å². The lowest BCUT2D eigenvalue weighted by Crippen LogP contribution is -2.25. The summed E-state index contributed by atoms with van der Waals surface area (Å²) in [4.78, 5) is 34.4. The minimum atomic E-state index is -2.72. The van der Waals surface area contributed by atoms with Gasteiger partial charge in [-0.3, -0.25) is 4.99 Å².